The van der Waals surface area contributed by atoms with Gasteiger partial charge in [0.05, 0.1) is 11.1 Å². The van der Waals surface area contributed by atoms with Crippen molar-refractivity contribution in [3.8, 4) is 0 Å². The molecule has 3 aromatic rings. The van der Waals surface area contributed by atoms with E-state index in [-0.39, 0.29) is 5.56 Å². The molecule has 0 aliphatic rings. The largest absolute Gasteiger partial charge is 0.478 e. The maximum Gasteiger partial charge on any atom is 0.335 e. The van der Waals surface area contributed by atoms with Gasteiger partial charge in [-0.3, -0.25) is 5.10 Å². The van der Waals surface area contributed by atoms with E-state index in [1.165, 1.54) is 17.7 Å². The predicted molar refractivity (Wildman–Crippen MR) is 84.9 cm³/mol. The van der Waals surface area contributed by atoms with Crippen LogP contribution in [0.5, 0.6) is 0 Å². The lowest BCUT2D eigenvalue weighted by Gasteiger charge is -1.97. The molecule has 6 nitrogen and oxygen atoms in total. The monoisotopic (exact) mass is 298 g/mol. The van der Waals surface area contributed by atoms with Gasteiger partial charge in [0.25, 0.3) is 0 Å². The second kappa shape index (κ2) is 7.90. The van der Waals surface area contributed by atoms with Gasteiger partial charge in [-0.2, -0.15) is 0 Å². The first-order valence-corrected chi connectivity index (χ1v) is 6.93. The summed E-state index contributed by atoms with van der Waals surface area (Å²) in [5.41, 5.74) is 2.92. The molecular weight excluding hydrogens is 280 g/mol. The molecule has 0 atom stereocenters. The molecule has 0 unspecified atom stereocenters. The van der Waals surface area contributed by atoms with Crippen LogP contribution in [0.2, 0.25) is 0 Å². The fourth-order valence-electron chi connectivity index (χ4n) is 1.89. The van der Waals surface area contributed by atoms with Crippen molar-refractivity contribution in [1.82, 2.24) is 20.7 Å². The van der Waals surface area contributed by atoms with E-state index >= 15 is 0 Å². The third-order valence-corrected chi connectivity index (χ3v) is 3.08. The predicted octanol–water partition coefficient (Wildman–Crippen LogP) is 2.10. The number of carboxylic acids is 1. The third-order valence-electron chi connectivity index (χ3n) is 3.08. The second-order valence-electron chi connectivity index (χ2n) is 4.69. The van der Waals surface area contributed by atoms with Gasteiger partial charge in [-0.1, -0.05) is 35.5 Å². The van der Waals surface area contributed by atoms with E-state index in [1.807, 2.05) is 13.1 Å². The van der Waals surface area contributed by atoms with Crippen molar-refractivity contribution in [2.75, 3.05) is 13.6 Å². The van der Waals surface area contributed by atoms with Gasteiger partial charge < -0.3 is 10.4 Å². The average molecular weight is 298 g/mol. The van der Waals surface area contributed by atoms with Gasteiger partial charge in [-0.25, -0.2) is 4.79 Å². The van der Waals surface area contributed by atoms with Crippen molar-refractivity contribution >= 4 is 17.0 Å². The van der Waals surface area contributed by atoms with Crippen LogP contribution in [0.3, 0.4) is 0 Å². The SMILES string of the molecule is CNCCc1ccccc1.O=C(O)c1ccc2[nH]nnc2c1. The Hall–Kier alpha value is -2.73. The average Bonchev–Trinajstić information content (AvgIpc) is 3.02. The van der Waals surface area contributed by atoms with E-state index in [2.05, 4.69) is 45.0 Å². The Morgan fingerprint density at radius 2 is 2.00 bits per heavy atom. The number of H-pyrrole nitrogens is 1. The lowest BCUT2D eigenvalue weighted by Crippen LogP contribution is -2.09. The molecule has 0 spiro atoms. The molecule has 3 N–H and O–H groups in total. The zero-order valence-corrected chi connectivity index (χ0v) is 12.3. The molecule has 1 aromatic heterocycles. The number of aromatic carboxylic acids is 1. The number of nitrogens with zero attached hydrogens (tertiary/aromatic N) is 2. The second-order valence-corrected chi connectivity index (χ2v) is 4.69. The van der Waals surface area contributed by atoms with Gasteiger partial charge in [0, 0.05) is 0 Å². The van der Waals surface area contributed by atoms with Crippen LogP contribution in [0.15, 0.2) is 48.5 Å². The molecular formula is C16H18N4O2. The Balaban J connectivity index is 0.000000164. The first-order chi connectivity index (χ1) is 10.7. The van der Waals surface area contributed by atoms with Crippen molar-refractivity contribution in [2.45, 2.75) is 6.42 Å². The maximum atomic E-state index is 10.5. The van der Waals surface area contributed by atoms with Crippen molar-refractivity contribution in [1.29, 1.82) is 0 Å². The topological polar surface area (TPSA) is 90.9 Å². The lowest BCUT2D eigenvalue weighted by molar-refractivity contribution is 0.0697. The molecule has 0 saturated heterocycles. The molecule has 0 radical (unpaired) electrons. The number of benzene rings is 2. The maximum absolute atomic E-state index is 10.5. The summed E-state index contributed by atoms with van der Waals surface area (Å²) in [7, 11) is 1.98. The van der Waals surface area contributed by atoms with Crippen LogP contribution < -0.4 is 5.32 Å². The Kier molecular flexibility index (Phi) is 5.62. The Labute approximate surface area is 128 Å². The van der Waals surface area contributed by atoms with Crippen LogP contribution in [0.4, 0.5) is 0 Å². The van der Waals surface area contributed by atoms with Crippen LogP contribution in [0.1, 0.15) is 15.9 Å². The zero-order chi connectivity index (χ0) is 15.8. The highest BCUT2D eigenvalue weighted by Crippen LogP contribution is 2.09. The van der Waals surface area contributed by atoms with E-state index in [4.69, 9.17) is 5.11 Å². The summed E-state index contributed by atoms with van der Waals surface area (Å²) in [6.45, 7) is 1.06. The third kappa shape index (κ3) is 4.39. The standard InChI is InChI=1S/C9H13N.C7H5N3O2/c1-10-8-7-9-5-3-2-4-6-9;11-7(12)4-1-2-5-6(3-4)9-10-8-5/h2-6,10H,7-8H2,1H3;1-3H,(H,11,12)(H,8,9,10). The highest BCUT2D eigenvalue weighted by molar-refractivity contribution is 5.91. The van der Waals surface area contributed by atoms with Gasteiger partial charge in [0.2, 0.25) is 0 Å². The number of likely N-dealkylation sites (N-methyl/N-ethyl adjacent to an activating group) is 1. The van der Waals surface area contributed by atoms with E-state index in [9.17, 15) is 4.79 Å². The molecule has 0 fully saturated rings. The fraction of sp³-hybridized carbons (Fsp3) is 0.188. The normalized spacial score (nSPS) is 10.0. The molecule has 2 aromatic carbocycles. The first-order valence-electron chi connectivity index (χ1n) is 6.93. The van der Waals surface area contributed by atoms with Gasteiger partial charge in [-0.15, -0.1) is 5.10 Å². The van der Waals surface area contributed by atoms with E-state index in [0.717, 1.165) is 18.5 Å². The van der Waals surface area contributed by atoms with Crippen LogP contribution in [-0.4, -0.2) is 40.1 Å². The number of rotatable bonds is 4. The van der Waals surface area contributed by atoms with E-state index in [1.54, 1.807) is 6.07 Å². The fourth-order valence-corrected chi connectivity index (χ4v) is 1.89. The molecule has 0 aliphatic carbocycles. The van der Waals surface area contributed by atoms with Gasteiger partial charge in [0.1, 0.15) is 5.52 Å². The number of hydrogen-bond donors (Lipinski definition) is 3. The van der Waals surface area contributed by atoms with Crippen molar-refractivity contribution < 1.29 is 9.90 Å². The number of aromatic amines is 1. The quantitative estimate of drug-likeness (QED) is 0.686. The molecule has 22 heavy (non-hydrogen) atoms. The molecule has 0 amide bonds. The summed E-state index contributed by atoms with van der Waals surface area (Å²) in [6, 6.07) is 15.1. The molecule has 114 valence electrons. The smallest absolute Gasteiger partial charge is 0.335 e. The van der Waals surface area contributed by atoms with Crippen LogP contribution in [0.25, 0.3) is 11.0 Å². The van der Waals surface area contributed by atoms with Crippen molar-refractivity contribution in [3.05, 3.63) is 59.7 Å². The molecule has 0 bridgehead atoms. The van der Waals surface area contributed by atoms with Crippen LogP contribution in [0, 0.1) is 0 Å². The summed E-state index contributed by atoms with van der Waals surface area (Å²) in [6.07, 6.45) is 1.12. The van der Waals surface area contributed by atoms with Gasteiger partial charge >= 0.3 is 5.97 Å². The minimum Gasteiger partial charge on any atom is -0.478 e. The van der Waals surface area contributed by atoms with Crippen LogP contribution in [-0.2, 0) is 6.42 Å². The van der Waals surface area contributed by atoms with E-state index in [0.29, 0.717) is 5.52 Å². The Bertz CT molecular complexity index is 725. The lowest BCUT2D eigenvalue weighted by atomic mass is 10.2. The molecule has 0 saturated carbocycles. The molecule has 6 heteroatoms. The van der Waals surface area contributed by atoms with E-state index < -0.39 is 5.97 Å². The minimum absolute atomic E-state index is 0.219. The Morgan fingerprint density at radius 3 is 2.68 bits per heavy atom. The summed E-state index contributed by atoms with van der Waals surface area (Å²) >= 11 is 0. The number of nitrogens with one attached hydrogen (secondary N) is 2. The van der Waals surface area contributed by atoms with Crippen LogP contribution >= 0.6 is 0 Å². The number of fused-ring (bicyclic) bond motifs is 1. The summed E-state index contributed by atoms with van der Waals surface area (Å²) in [4.78, 5) is 10.5. The number of hydrogen-bond acceptors (Lipinski definition) is 4. The molecule has 0 aliphatic heterocycles. The highest BCUT2D eigenvalue weighted by atomic mass is 16.4. The van der Waals surface area contributed by atoms with Crippen molar-refractivity contribution in [3.63, 3.8) is 0 Å². The number of carbonyl (C=O) groups is 1. The highest BCUT2D eigenvalue weighted by Gasteiger charge is 2.04. The Morgan fingerprint density at radius 1 is 1.23 bits per heavy atom. The molecule has 3 rings (SSSR count). The zero-order valence-electron chi connectivity index (χ0n) is 12.3. The first kappa shape index (κ1) is 15.7. The number of carboxylic acid groups (broad SMARTS) is 1. The summed E-state index contributed by atoms with van der Waals surface area (Å²) in [5, 5.41) is 21.6. The summed E-state index contributed by atoms with van der Waals surface area (Å²) in [5.74, 6) is -0.958. The minimum atomic E-state index is -0.958. The van der Waals surface area contributed by atoms with Gasteiger partial charge in [0.15, 0.2) is 0 Å². The number of aromatic nitrogens is 3. The van der Waals surface area contributed by atoms with Crippen molar-refractivity contribution in [2.24, 2.45) is 0 Å². The molecule has 1 heterocycles. The van der Waals surface area contributed by atoms with Gasteiger partial charge in [-0.05, 0) is 43.8 Å². The summed E-state index contributed by atoms with van der Waals surface area (Å²) < 4.78 is 0.